The number of hydrogen-bond donors (Lipinski definition) is 1. The molecule has 6 heteroatoms. The number of amides is 1. The number of anilines is 1. The summed E-state index contributed by atoms with van der Waals surface area (Å²) in [5, 5.41) is 2.70. The van der Waals surface area contributed by atoms with E-state index in [1.54, 1.807) is 42.5 Å². The topological polar surface area (TPSA) is 73.9 Å². The molecule has 0 saturated heterocycles. The molecule has 6 nitrogen and oxygen atoms in total. The average molecular weight is 299 g/mol. The lowest BCUT2D eigenvalue weighted by Gasteiger charge is -2.09. The van der Waals surface area contributed by atoms with Gasteiger partial charge < -0.3 is 19.5 Å². The van der Waals surface area contributed by atoms with E-state index in [4.69, 9.17) is 14.2 Å². The minimum atomic E-state index is -0.512. The molecule has 112 valence electrons. The summed E-state index contributed by atoms with van der Waals surface area (Å²) in [6, 6.07) is 11.5. The molecular weight excluding hydrogens is 286 g/mol. The van der Waals surface area contributed by atoms with E-state index >= 15 is 0 Å². The van der Waals surface area contributed by atoms with Gasteiger partial charge in [0, 0.05) is 5.56 Å². The van der Waals surface area contributed by atoms with Crippen molar-refractivity contribution in [3.8, 4) is 11.5 Å². The van der Waals surface area contributed by atoms with Crippen LogP contribution in [0.1, 0.15) is 20.7 Å². The second-order valence-electron chi connectivity index (χ2n) is 4.56. The van der Waals surface area contributed by atoms with E-state index in [9.17, 15) is 9.59 Å². The molecule has 3 rings (SSSR count). The number of para-hydroxylation sites is 1. The highest BCUT2D eigenvalue weighted by molar-refractivity contribution is 6.08. The molecule has 1 amide bonds. The molecule has 1 N–H and O–H groups in total. The van der Waals surface area contributed by atoms with Crippen LogP contribution in [0.2, 0.25) is 0 Å². The lowest BCUT2D eigenvalue weighted by Crippen LogP contribution is -2.15. The third-order valence-corrected chi connectivity index (χ3v) is 3.22. The maximum Gasteiger partial charge on any atom is 0.339 e. The zero-order chi connectivity index (χ0) is 15.5. The number of esters is 1. The fourth-order valence-electron chi connectivity index (χ4n) is 2.11. The third kappa shape index (κ3) is 2.58. The predicted octanol–water partition coefficient (Wildman–Crippen LogP) is 2.45. The minimum Gasteiger partial charge on any atom is -0.465 e. The minimum absolute atomic E-state index is 0.144. The monoisotopic (exact) mass is 299 g/mol. The number of carbonyl (C=O) groups is 2. The van der Waals surface area contributed by atoms with Crippen molar-refractivity contribution in [2.45, 2.75) is 0 Å². The summed E-state index contributed by atoms with van der Waals surface area (Å²) < 4.78 is 15.1. The van der Waals surface area contributed by atoms with E-state index in [1.807, 2.05) is 0 Å². The van der Waals surface area contributed by atoms with Gasteiger partial charge in [-0.1, -0.05) is 12.1 Å². The maximum atomic E-state index is 12.3. The van der Waals surface area contributed by atoms with Gasteiger partial charge in [0.15, 0.2) is 11.5 Å². The van der Waals surface area contributed by atoms with Crippen LogP contribution >= 0.6 is 0 Å². The molecule has 0 saturated carbocycles. The zero-order valence-corrected chi connectivity index (χ0v) is 11.8. The van der Waals surface area contributed by atoms with E-state index in [-0.39, 0.29) is 12.7 Å². The first-order valence-corrected chi connectivity index (χ1v) is 6.57. The lowest BCUT2D eigenvalue weighted by atomic mass is 10.1. The van der Waals surface area contributed by atoms with Gasteiger partial charge in [-0.05, 0) is 30.3 Å². The molecule has 0 bridgehead atoms. The van der Waals surface area contributed by atoms with Crippen LogP contribution < -0.4 is 14.8 Å². The van der Waals surface area contributed by atoms with Crippen molar-refractivity contribution in [2.24, 2.45) is 0 Å². The Balaban J connectivity index is 1.84. The molecule has 0 unspecified atom stereocenters. The first-order valence-electron chi connectivity index (χ1n) is 6.57. The van der Waals surface area contributed by atoms with E-state index < -0.39 is 5.97 Å². The van der Waals surface area contributed by atoms with Crippen LogP contribution in [0.15, 0.2) is 42.5 Å². The van der Waals surface area contributed by atoms with Crippen molar-refractivity contribution in [1.29, 1.82) is 0 Å². The maximum absolute atomic E-state index is 12.3. The number of methoxy groups -OCH3 is 1. The normalized spacial score (nSPS) is 11.9. The molecule has 1 heterocycles. The molecule has 0 radical (unpaired) electrons. The van der Waals surface area contributed by atoms with Crippen molar-refractivity contribution in [2.75, 3.05) is 19.2 Å². The number of rotatable bonds is 3. The highest BCUT2D eigenvalue weighted by atomic mass is 16.7. The molecule has 0 fully saturated rings. The molecular formula is C16H13NO5. The van der Waals surface area contributed by atoms with Gasteiger partial charge >= 0.3 is 5.97 Å². The average Bonchev–Trinajstić information content (AvgIpc) is 3.02. The molecule has 2 aromatic carbocycles. The predicted molar refractivity (Wildman–Crippen MR) is 78.3 cm³/mol. The smallest absolute Gasteiger partial charge is 0.339 e. The molecule has 0 aromatic heterocycles. The van der Waals surface area contributed by atoms with Gasteiger partial charge in [0.1, 0.15) is 0 Å². The van der Waals surface area contributed by atoms with Gasteiger partial charge in [-0.15, -0.1) is 0 Å². The summed E-state index contributed by atoms with van der Waals surface area (Å²) in [7, 11) is 1.29. The molecule has 0 aliphatic carbocycles. The van der Waals surface area contributed by atoms with Gasteiger partial charge in [-0.25, -0.2) is 4.79 Å². The van der Waals surface area contributed by atoms with Crippen molar-refractivity contribution < 1.29 is 23.8 Å². The number of hydrogen-bond acceptors (Lipinski definition) is 5. The Bertz CT molecular complexity index is 741. The fourth-order valence-corrected chi connectivity index (χ4v) is 2.11. The number of carbonyl (C=O) groups excluding carboxylic acids is 2. The van der Waals surface area contributed by atoms with Crippen molar-refractivity contribution >= 4 is 17.6 Å². The number of ether oxygens (including phenoxy) is 3. The standard InChI is InChI=1S/C16H13NO5/c1-20-16(19)11-4-2-3-5-12(11)17-15(18)10-6-7-13-14(8-10)22-9-21-13/h2-8H,9H2,1H3,(H,17,18). The van der Waals surface area contributed by atoms with Gasteiger partial charge in [0.05, 0.1) is 18.4 Å². The Morgan fingerprint density at radius 2 is 1.86 bits per heavy atom. The second-order valence-corrected chi connectivity index (χ2v) is 4.56. The van der Waals surface area contributed by atoms with Gasteiger partial charge in [-0.2, -0.15) is 0 Å². The summed E-state index contributed by atoms with van der Waals surface area (Å²) in [4.78, 5) is 24.0. The summed E-state index contributed by atoms with van der Waals surface area (Å²) in [5.74, 6) is 0.261. The van der Waals surface area contributed by atoms with Crippen molar-refractivity contribution in [3.63, 3.8) is 0 Å². The number of fused-ring (bicyclic) bond motifs is 1. The first-order chi connectivity index (χ1) is 10.7. The highest BCUT2D eigenvalue weighted by Crippen LogP contribution is 2.32. The van der Waals surface area contributed by atoms with Gasteiger partial charge in [0.25, 0.3) is 5.91 Å². The molecule has 22 heavy (non-hydrogen) atoms. The van der Waals surface area contributed by atoms with Crippen molar-refractivity contribution in [3.05, 3.63) is 53.6 Å². The van der Waals surface area contributed by atoms with Crippen LogP contribution in [0.3, 0.4) is 0 Å². The molecule has 0 spiro atoms. The van der Waals surface area contributed by atoms with Crippen LogP contribution in [0.4, 0.5) is 5.69 Å². The van der Waals surface area contributed by atoms with Crippen molar-refractivity contribution in [1.82, 2.24) is 0 Å². The van der Waals surface area contributed by atoms with Crippen LogP contribution in [0, 0.1) is 0 Å². The van der Waals surface area contributed by atoms with Gasteiger partial charge in [0.2, 0.25) is 6.79 Å². The highest BCUT2D eigenvalue weighted by Gasteiger charge is 2.18. The van der Waals surface area contributed by atoms with E-state index in [0.717, 1.165) is 0 Å². The Labute approximate surface area is 126 Å². The summed E-state index contributed by atoms with van der Waals surface area (Å²) in [6.45, 7) is 0.144. The molecule has 1 aliphatic rings. The summed E-state index contributed by atoms with van der Waals surface area (Å²) in [5.41, 5.74) is 1.08. The number of benzene rings is 2. The largest absolute Gasteiger partial charge is 0.465 e. The second kappa shape index (κ2) is 5.77. The van der Waals surface area contributed by atoms with Crippen LogP contribution in [-0.2, 0) is 4.74 Å². The number of nitrogens with one attached hydrogen (secondary N) is 1. The summed E-state index contributed by atoms with van der Waals surface area (Å²) in [6.07, 6.45) is 0. The third-order valence-electron chi connectivity index (χ3n) is 3.22. The Hall–Kier alpha value is -3.02. The quantitative estimate of drug-likeness (QED) is 0.881. The van der Waals surface area contributed by atoms with E-state index in [0.29, 0.717) is 28.3 Å². The van der Waals surface area contributed by atoms with Crippen LogP contribution in [0.5, 0.6) is 11.5 Å². The summed E-state index contributed by atoms with van der Waals surface area (Å²) >= 11 is 0. The molecule has 1 aliphatic heterocycles. The zero-order valence-electron chi connectivity index (χ0n) is 11.8. The van der Waals surface area contributed by atoms with E-state index in [2.05, 4.69) is 5.32 Å². The first kappa shape index (κ1) is 13.9. The molecule has 2 aromatic rings. The van der Waals surface area contributed by atoms with E-state index in [1.165, 1.54) is 7.11 Å². The Morgan fingerprint density at radius 3 is 2.68 bits per heavy atom. The van der Waals surface area contributed by atoms with Crippen LogP contribution in [0.25, 0.3) is 0 Å². The fraction of sp³-hybridized carbons (Fsp3) is 0.125. The van der Waals surface area contributed by atoms with Gasteiger partial charge in [-0.3, -0.25) is 4.79 Å². The van der Waals surface area contributed by atoms with Crippen LogP contribution in [-0.4, -0.2) is 25.8 Å². The molecule has 0 atom stereocenters. The Kier molecular flexibility index (Phi) is 3.65. The lowest BCUT2D eigenvalue weighted by molar-refractivity contribution is 0.0602. The SMILES string of the molecule is COC(=O)c1ccccc1NC(=O)c1ccc2c(c1)OCO2. The Morgan fingerprint density at radius 1 is 1.09 bits per heavy atom.